The second kappa shape index (κ2) is 6.02. The van der Waals surface area contributed by atoms with E-state index in [0.717, 1.165) is 16.7 Å². The minimum Gasteiger partial charge on any atom is -0.330 e. The summed E-state index contributed by atoms with van der Waals surface area (Å²) >= 11 is 0. The predicted molar refractivity (Wildman–Crippen MR) is 83.3 cm³/mol. The second-order valence-corrected chi connectivity index (χ2v) is 5.39. The van der Waals surface area contributed by atoms with Crippen LogP contribution in [0.4, 0.5) is 0 Å². The molecule has 0 heterocycles. The molecule has 0 bridgehead atoms. The lowest BCUT2D eigenvalue weighted by Crippen LogP contribution is -2.09. The van der Waals surface area contributed by atoms with Gasteiger partial charge >= 0.3 is 0 Å². The van der Waals surface area contributed by atoms with Crippen LogP contribution < -0.4 is 5.73 Å². The van der Waals surface area contributed by atoms with Crippen LogP contribution in [0.25, 0.3) is 0 Å². The van der Waals surface area contributed by atoms with Gasteiger partial charge in [0.05, 0.1) is 0 Å². The second-order valence-electron chi connectivity index (χ2n) is 5.39. The number of benzene rings is 2. The van der Waals surface area contributed by atoms with Gasteiger partial charge in [-0.15, -0.1) is 0 Å². The van der Waals surface area contributed by atoms with Crippen LogP contribution in [-0.2, 0) is 0 Å². The molecule has 104 valence electrons. The maximum Gasteiger partial charge on any atom is 0.193 e. The van der Waals surface area contributed by atoms with Gasteiger partial charge in [0.25, 0.3) is 0 Å². The fraction of sp³-hybridized carbons (Fsp3) is 0.278. The molecule has 2 nitrogen and oxygen atoms in total. The van der Waals surface area contributed by atoms with E-state index in [2.05, 4.69) is 6.92 Å². The predicted octanol–water partition coefficient (Wildman–Crippen LogP) is 3.60. The highest BCUT2D eigenvalue weighted by molar-refractivity contribution is 6.09. The standard InChI is InChI=1S/C18H21NO/c1-12-4-5-17(10-13(12)2)18(20)16-8-6-15(7-9-16)14(3)11-19/h4-10,14H,11,19H2,1-3H3. The van der Waals surface area contributed by atoms with Crippen molar-refractivity contribution < 1.29 is 4.79 Å². The first-order valence-corrected chi connectivity index (χ1v) is 6.95. The summed E-state index contributed by atoms with van der Waals surface area (Å²) in [4.78, 5) is 12.4. The lowest BCUT2D eigenvalue weighted by atomic mass is 9.96. The number of rotatable bonds is 4. The average Bonchev–Trinajstić information content (AvgIpc) is 2.48. The third-order valence-electron chi connectivity index (χ3n) is 3.86. The highest BCUT2D eigenvalue weighted by Gasteiger charge is 2.10. The van der Waals surface area contributed by atoms with Crippen LogP contribution in [0.5, 0.6) is 0 Å². The Hall–Kier alpha value is -1.93. The van der Waals surface area contributed by atoms with Crippen molar-refractivity contribution in [3.8, 4) is 0 Å². The van der Waals surface area contributed by atoms with Gasteiger partial charge in [-0.2, -0.15) is 0 Å². The maximum absolute atomic E-state index is 12.4. The van der Waals surface area contributed by atoms with E-state index in [1.807, 2.05) is 56.3 Å². The Morgan fingerprint density at radius 1 is 1.00 bits per heavy atom. The minimum absolute atomic E-state index is 0.0695. The quantitative estimate of drug-likeness (QED) is 0.860. The van der Waals surface area contributed by atoms with Gasteiger partial charge in [0, 0.05) is 11.1 Å². The summed E-state index contributed by atoms with van der Waals surface area (Å²) in [5.41, 5.74) is 10.6. The van der Waals surface area contributed by atoms with Crippen molar-refractivity contribution in [2.45, 2.75) is 26.7 Å². The molecule has 0 saturated carbocycles. The average molecular weight is 267 g/mol. The van der Waals surface area contributed by atoms with Gasteiger partial charge in [-0.25, -0.2) is 0 Å². The zero-order valence-corrected chi connectivity index (χ0v) is 12.3. The highest BCUT2D eigenvalue weighted by atomic mass is 16.1. The molecule has 0 aliphatic rings. The van der Waals surface area contributed by atoms with Gasteiger partial charge in [-0.3, -0.25) is 4.79 Å². The smallest absolute Gasteiger partial charge is 0.193 e. The summed E-state index contributed by atoms with van der Waals surface area (Å²) in [5.74, 6) is 0.390. The van der Waals surface area contributed by atoms with Gasteiger partial charge in [0.2, 0.25) is 0 Å². The van der Waals surface area contributed by atoms with Gasteiger partial charge in [-0.1, -0.05) is 43.3 Å². The molecule has 1 unspecified atom stereocenters. The van der Waals surface area contributed by atoms with E-state index in [9.17, 15) is 4.79 Å². The molecule has 0 aromatic heterocycles. The van der Waals surface area contributed by atoms with Crippen LogP contribution in [0.15, 0.2) is 42.5 Å². The zero-order chi connectivity index (χ0) is 14.7. The number of hydrogen-bond acceptors (Lipinski definition) is 2. The first-order valence-electron chi connectivity index (χ1n) is 6.95. The molecule has 20 heavy (non-hydrogen) atoms. The Balaban J connectivity index is 2.27. The molecule has 2 rings (SSSR count). The van der Waals surface area contributed by atoms with E-state index >= 15 is 0 Å². The molecule has 2 aromatic rings. The molecule has 0 radical (unpaired) electrons. The van der Waals surface area contributed by atoms with Gasteiger partial charge in [0.15, 0.2) is 5.78 Å². The minimum atomic E-state index is 0.0695. The van der Waals surface area contributed by atoms with Crippen LogP contribution in [0.1, 0.15) is 45.5 Å². The Labute approximate surface area is 120 Å². The largest absolute Gasteiger partial charge is 0.330 e. The fourth-order valence-corrected chi connectivity index (χ4v) is 2.15. The third kappa shape index (κ3) is 2.97. The van der Waals surface area contributed by atoms with Crippen LogP contribution in [0, 0.1) is 13.8 Å². The normalized spacial score (nSPS) is 12.2. The van der Waals surface area contributed by atoms with Crippen molar-refractivity contribution >= 4 is 5.78 Å². The number of hydrogen-bond donors (Lipinski definition) is 1. The van der Waals surface area contributed by atoms with Crippen molar-refractivity contribution in [2.75, 3.05) is 6.54 Å². The maximum atomic E-state index is 12.4. The van der Waals surface area contributed by atoms with E-state index in [1.165, 1.54) is 11.1 Å². The monoisotopic (exact) mass is 267 g/mol. The Morgan fingerprint density at radius 2 is 1.60 bits per heavy atom. The van der Waals surface area contributed by atoms with Gasteiger partial charge in [-0.05, 0) is 49.1 Å². The summed E-state index contributed by atoms with van der Waals surface area (Å²) in [6, 6.07) is 13.6. The van der Waals surface area contributed by atoms with Crippen molar-refractivity contribution in [3.05, 3.63) is 70.3 Å². The molecule has 0 amide bonds. The summed E-state index contributed by atoms with van der Waals surface area (Å²) < 4.78 is 0. The molecule has 2 N–H and O–H groups in total. The highest BCUT2D eigenvalue weighted by Crippen LogP contribution is 2.18. The Bertz CT molecular complexity index is 614. The number of carbonyl (C=O) groups excluding carboxylic acids is 1. The first-order chi connectivity index (χ1) is 9.52. The number of aryl methyl sites for hydroxylation is 2. The summed E-state index contributed by atoms with van der Waals surface area (Å²) in [6.45, 7) is 6.77. The fourth-order valence-electron chi connectivity index (χ4n) is 2.15. The molecule has 0 spiro atoms. The number of carbonyl (C=O) groups is 1. The molecular weight excluding hydrogens is 246 g/mol. The molecule has 0 aliphatic heterocycles. The Morgan fingerprint density at radius 3 is 2.15 bits per heavy atom. The van der Waals surface area contributed by atoms with Crippen LogP contribution in [-0.4, -0.2) is 12.3 Å². The molecular formula is C18H21NO. The van der Waals surface area contributed by atoms with Crippen molar-refractivity contribution in [1.82, 2.24) is 0 Å². The molecule has 2 heteroatoms. The van der Waals surface area contributed by atoms with Crippen LogP contribution in [0.3, 0.4) is 0 Å². The summed E-state index contributed by atoms with van der Waals surface area (Å²) in [5, 5.41) is 0. The van der Waals surface area contributed by atoms with Crippen molar-refractivity contribution in [3.63, 3.8) is 0 Å². The molecule has 2 aromatic carbocycles. The van der Waals surface area contributed by atoms with E-state index in [0.29, 0.717) is 12.5 Å². The van der Waals surface area contributed by atoms with Crippen LogP contribution in [0.2, 0.25) is 0 Å². The number of nitrogens with two attached hydrogens (primary N) is 1. The lowest BCUT2D eigenvalue weighted by molar-refractivity contribution is 0.103. The van der Waals surface area contributed by atoms with Crippen LogP contribution >= 0.6 is 0 Å². The van der Waals surface area contributed by atoms with E-state index in [-0.39, 0.29) is 5.78 Å². The SMILES string of the molecule is Cc1ccc(C(=O)c2ccc(C(C)CN)cc2)cc1C. The van der Waals surface area contributed by atoms with E-state index in [1.54, 1.807) is 0 Å². The van der Waals surface area contributed by atoms with E-state index in [4.69, 9.17) is 5.73 Å². The first kappa shape index (κ1) is 14.5. The Kier molecular flexibility index (Phi) is 4.35. The number of ketones is 1. The molecule has 0 saturated heterocycles. The molecule has 0 aliphatic carbocycles. The lowest BCUT2D eigenvalue weighted by Gasteiger charge is -2.10. The van der Waals surface area contributed by atoms with Gasteiger partial charge in [0.1, 0.15) is 0 Å². The third-order valence-corrected chi connectivity index (χ3v) is 3.86. The summed E-state index contributed by atoms with van der Waals surface area (Å²) in [6.07, 6.45) is 0. The molecule has 0 fully saturated rings. The van der Waals surface area contributed by atoms with E-state index < -0.39 is 0 Å². The van der Waals surface area contributed by atoms with Gasteiger partial charge < -0.3 is 5.73 Å². The van der Waals surface area contributed by atoms with Crippen molar-refractivity contribution in [2.24, 2.45) is 5.73 Å². The summed E-state index contributed by atoms with van der Waals surface area (Å²) in [7, 11) is 0. The topological polar surface area (TPSA) is 43.1 Å². The van der Waals surface area contributed by atoms with Crippen molar-refractivity contribution in [1.29, 1.82) is 0 Å². The molecule has 1 atom stereocenters. The zero-order valence-electron chi connectivity index (χ0n) is 12.3.